The Balaban J connectivity index is 2.08. The third-order valence-electron chi connectivity index (χ3n) is 8.89. The van der Waals surface area contributed by atoms with E-state index in [-0.39, 0.29) is 19.4 Å². The zero-order chi connectivity index (χ0) is 35.3. The summed E-state index contributed by atoms with van der Waals surface area (Å²) in [6.45, 7) is 5.96. The molecule has 282 valence electrons. The van der Waals surface area contributed by atoms with Crippen molar-refractivity contribution in [3.8, 4) is 0 Å². The summed E-state index contributed by atoms with van der Waals surface area (Å²) in [5.41, 5.74) is 0. The van der Waals surface area contributed by atoms with Crippen molar-refractivity contribution in [3.63, 3.8) is 0 Å². The fourth-order valence-corrected chi connectivity index (χ4v) is 6.22. The van der Waals surface area contributed by atoms with Crippen LogP contribution in [0.2, 0.25) is 0 Å². The number of phosphoric ester groups is 1. The molecule has 1 rings (SSSR count). The zero-order valence-corrected chi connectivity index (χ0v) is 31.6. The average molecular weight is 703 g/mol. The third-order valence-corrected chi connectivity index (χ3v) is 9.37. The van der Waals surface area contributed by atoms with Gasteiger partial charge >= 0.3 is 19.8 Å². The quantitative estimate of drug-likeness (QED) is 0.0221. The Morgan fingerprint density at radius 1 is 0.708 bits per heavy atom. The van der Waals surface area contributed by atoms with E-state index in [4.69, 9.17) is 24.0 Å². The van der Waals surface area contributed by atoms with Gasteiger partial charge in [0.1, 0.15) is 6.61 Å². The van der Waals surface area contributed by atoms with Crippen LogP contribution in [0.4, 0.5) is 0 Å². The van der Waals surface area contributed by atoms with Crippen molar-refractivity contribution in [2.45, 2.75) is 200 Å². The number of allylic oxidation sites excluding steroid dienone is 1. The number of rotatable bonds is 34. The molecule has 1 aliphatic heterocycles. The molecule has 2 N–H and O–H groups in total. The van der Waals surface area contributed by atoms with Crippen molar-refractivity contribution in [2.75, 3.05) is 13.2 Å². The number of phosphoric acid groups is 1. The van der Waals surface area contributed by atoms with E-state index in [1.54, 1.807) is 0 Å². The van der Waals surface area contributed by atoms with Crippen LogP contribution in [-0.2, 0) is 32.9 Å². The maximum atomic E-state index is 12.4. The second kappa shape index (κ2) is 29.5. The molecule has 3 atom stereocenters. The molecule has 2 unspecified atom stereocenters. The third kappa shape index (κ3) is 29.6. The normalized spacial score (nSPS) is 16.9. The summed E-state index contributed by atoms with van der Waals surface area (Å²) in [6, 6.07) is 0. The van der Waals surface area contributed by atoms with E-state index in [0.717, 1.165) is 63.7 Å². The lowest BCUT2D eigenvalue weighted by Gasteiger charge is -2.18. The van der Waals surface area contributed by atoms with E-state index >= 15 is 0 Å². The molecule has 10 heteroatoms. The molecule has 48 heavy (non-hydrogen) atoms. The van der Waals surface area contributed by atoms with E-state index in [1.807, 2.05) is 0 Å². The van der Waals surface area contributed by atoms with Gasteiger partial charge in [-0.3, -0.25) is 14.1 Å². The summed E-state index contributed by atoms with van der Waals surface area (Å²) in [7, 11) is -4.75. The summed E-state index contributed by atoms with van der Waals surface area (Å²) in [4.78, 5) is 42.7. The van der Waals surface area contributed by atoms with Gasteiger partial charge < -0.3 is 24.0 Å². The molecule has 9 nitrogen and oxygen atoms in total. The fraction of sp³-hybridized carbons (Fsp3) is 0.895. The van der Waals surface area contributed by atoms with E-state index in [0.29, 0.717) is 18.6 Å². The van der Waals surface area contributed by atoms with Gasteiger partial charge in [-0.2, -0.15) is 0 Å². The van der Waals surface area contributed by atoms with Gasteiger partial charge in [0.15, 0.2) is 6.10 Å². The fourth-order valence-electron chi connectivity index (χ4n) is 5.86. The molecule has 0 spiro atoms. The van der Waals surface area contributed by atoms with Crippen molar-refractivity contribution in [1.29, 1.82) is 0 Å². The molecule has 0 bridgehead atoms. The summed E-state index contributed by atoms with van der Waals surface area (Å²) < 4.78 is 32.0. The average Bonchev–Trinajstić information content (AvgIpc) is 3.79. The maximum absolute atomic E-state index is 12.4. The summed E-state index contributed by atoms with van der Waals surface area (Å²) in [6.07, 6.45) is 31.1. The van der Waals surface area contributed by atoms with Gasteiger partial charge in [-0.1, -0.05) is 142 Å². The van der Waals surface area contributed by atoms with Crippen LogP contribution < -0.4 is 0 Å². The highest BCUT2D eigenvalue weighted by atomic mass is 31.2. The Labute approximate surface area is 292 Å². The highest BCUT2D eigenvalue weighted by Gasteiger charge is 2.36. The molecule has 0 radical (unpaired) electrons. The second-order valence-corrected chi connectivity index (χ2v) is 15.4. The van der Waals surface area contributed by atoms with Crippen molar-refractivity contribution in [2.24, 2.45) is 5.92 Å². The smallest absolute Gasteiger partial charge is 0.462 e. The van der Waals surface area contributed by atoms with Gasteiger partial charge in [0.2, 0.25) is 0 Å². The maximum Gasteiger partial charge on any atom is 0.469 e. The SMILES string of the molecule is CCCCCC1OC1C/C=C\CCCCCCCC(=O)O[C@H](COC(=O)CCCCCCCCCCCCCC(C)C)COP(=O)(O)O. The van der Waals surface area contributed by atoms with Crippen LogP contribution in [-0.4, -0.2) is 53.3 Å². The molecular weight excluding hydrogens is 631 g/mol. The molecule has 1 heterocycles. The van der Waals surface area contributed by atoms with Crippen LogP contribution in [0.5, 0.6) is 0 Å². The highest BCUT2D eigenvalue weighted by molar-refractivity contribution is 7.46. The number of hydrogen-bond donors (Lipinski definition) is 2. The lowest BCUT2D eigenvalue weighted by atomic mass is 10.0. The van der Waals surface area contributed by atoms with E-state index < -0.39 is 32.5 Å². The zero-order valence-electron chi connectivity index (χ0n) is 30.8. The predicted molar refractivity (Wildman–Crippen MR) is 193 cm³/mol. The second-order valence-electron chi connectivity index (χ2n) is 14.1. The van der Waals surface area contributed by atoms with E-state index in [9.17, 15) is 14.2 Å². The molecule has 0 aromatic carbocycles. The van der Waals surface area contributed by atoms with Crippen LogP contribution >= 0.6 is 7.82 Å². The minimum absolute atomic E-state index is 0.194. The molecule has 0 aromatic heterocycles. The van der Waals surface area contributed by atoms with Crippen molar-refractivity contribution in [3.05, 3.63) is 12.2 Å². The van der Waals surface area contributed by atoms with Crippen molar-refractivity contribution >= 4 is 19.8 Å². The Morgan fingerprint density at radius 3 is 1.85 bits per heavy atom. The first-order valence-electron chi connectivity index (χ1n) is 19.5. The number of carbonyl (C=O) groups is 2. The van der Waals surface area contributed by atoms with Crippen LogP contribution in [0.15, 0.2) is 12.2 Å². The number of hydrogen-bond acceptors (Lipinski definition) is 7. The van der Waals surface area contributed by atoms with Gasteiger partial charge in [0, 0.05) is 12.8 Å². The molecule has 1 saturated heterocycles. The first-order valence-corrected chi connectivity index (χ1v) is 21.0. The molecular formula is C38H71O9P. The van der Waals surface area contributed by atoms with Gasteiger partial charge in [-0.25, -0.2) is 4.57 Å². The minimum Gasteiger partial charge on any atom is -0.462 e. The molecule has 0 saturated carbocycles. The van der Waals surface area contributed by atoms with Crippen molar-refractivity contribution in [1.82, 2.24) is 0 Å². The molecule has 0 aliphatic carbocycles. The Bertz CT molecular complexity index is 872. The van der Waals surface area contributed by atoms with Crippen molar-refractivity contribution < 1.29 is 42.7 Å². The van der Waals surface area contributed by atoms with Gasteiger partial charge in [-0.05, 0) is 44.4 Å². The van der Waals surface area contributed by atoms with Crippen LogP contribution in [0.25, 0.3) is 0 Å². The van der Waals surface area contributed by atoms with Crippen LogP contribution in [0.1, 0.15) is 181 Å². The van der Waals surface area contributed by atoms with Gasteiger partial charge in [0.05, 0.1) is 18.8 Å². The Kier molecular flexibility index (Phi) is 27.5. The summed E-state index contributed by atoms with van der Waals surface area (Å²) in [5, 5.41) is 0. The monoisotopic (exact) mass is 702 g/mol. The molecule has 1 fully saturated rings. The standard InChI is InChI=1S/C38H71O9P/c1-4-5-21-27-35-36(47-35)28-23-18-14-11-12-16-20-25-30-38(40)46-34(32-45-48(41,42)43)31-44-37(39)29-24-19-15-10-8-6-7-9-13-17-22-26-33(2)3/h18,23,33-36H,4-17,19-22,24-32H2,1-3H3,(H2,41,42,43)/b23-18-/t34-,35?,36?/m1/s1. The summed E-state index contributed by atoms with van der Waals surface area (Å²) in [5.74, 6) is -0.0923. The van der Waals surface area contributed by atoms with E-state index in [1.165, 1.54) is 83.5 Å². The first-order chi connectivity index (χ1) is 23.1. The number of carbonyl (C=O) groups excluding carboxylic acids is 2. The number of unbranched alkanes of at least 4 members (excludes halogenated alkanes) is 17. The number of epoxide rings is 1. The highest BCUT2D eigenvalue weighted by Crippen LogP contribution is 2.36. The largest absolute Gasteiger partial charge is 0.469 e. The lowest BCUT2D eigenvalue weighted by molar-refractivity contribution is -0.161. The van der Waals surface area contributed by atoms with Gasteiger partial charge in [0.25, 0.3) is 0 Å². The molecule has 0 aromatic rings. The van der Waals surface area contributed by atoms with E-state index in [2.05, 4.69) is 37.4 Å². The van der Waals surface area contributed by atoms with Crippen LogP contribution in [0, 0.1) is 5.92 Å². The Hall–Kier alpha value is -1.25. The Morgan fingerprint density at radius 2 is 1.27 bits per heavy atom. The number of esters is 2. The summed E-state index contributed by atoms with van der Waals surface area (Å²) >= 11 is 0. The minimum atomic E-state index is -4.75. The lowest BCUT2D eigenvalue weighted by Crippen LogP contribution is -2.29. The predicted octanol–water partition coefficient (Wildman–Crippen LogP) is 10.3. The van der Waals surface area contributed by atoms with Gasteiger partial charge in [-0.15, -0.1) is 0 Å². The topological polar surface area (TPSA) is 132 Å². The molecule has 1 aliphatic rings. The molecule has 0 amide bonds. The van der Waals surface area contributed by atoms with Crippen LogP contribution in [0.3, 0.4) is 0 Å². The first kappa shape index (κ1) is 44.8. The number of ether oxygens (including phenoxy) is 3.